The molecule has 12 heavy (non-hydrogen) atoms. The standard InChI is InChI=1S/C9H12O2S/c1-7-2-3-8(11-7)9(6-12)4-10-5-9/h2-3,12H,4-6H2,1H3. The quantitative estimate of drug-likeness (QED) is 0.708. The van der Waals surface area contributed by atoms with Crippen molar-refractivity contribution in [2.24, 2.45) is 0 Å². The highest BCUT2D eigenvalue weighted by Crippen LogP contribution is 2.34. The number of hydrogen-bond acceptors (Lipinski definition) is 3. The van der Waals surface area contributed by atoms with Crippen molar-refractivity contribution < 1.29 is 9.15 Å². The van der Waals surface area contributed by atoms with Gasteiger partial charge in [0.25, 0.3) is 0 Å². The van der Waals surface area contributed by atoms with Crippen molar-refractivity contribution in [2.45, 2.75) is 12.3 Å². The summed E-state index contributed by atoms with van der Waals surface area (Å²) in [6, 6.07) is 4.01. The average molecular weight is 184 g/mol. The zero-order valence-electron chi connectivity index (χ0n) is 7.04. The van der Waals surface area contributed by atoms with Crippen molar-refractivity contribution in [3.05, 3.63) is 23.7 Å². The number of furan rings is 1. The van der Waals surface area contributed by atoms with Gasteiger partial charge in [-0.05, 0) is 19.1 Å². The van der Waals surface area contributed by atoms with Crippen LogP contribution in [0, 0.1) is 6.92 Å². The van der Waals surface area contributed by atoms with E-state index in [1.807, 2.05) is 19.1 Å². The highest BCUT2D eigenvalue weighted by molar-refractivity contribution is 7.80. The van der Waals surface area contributed by atoms with Gasteiger partial charge in [-0.1, -0.05) is 0 Å². The molecule has 0 radical (unpaired) electrons. The molecule has 0 aromatic carbocycles. The molecule has 0 N–H and O–H groups in total. The maximum Gasteiger partial charge on any atom is 0.115 e. The second-order valence-electron chi connectivity index (χ2n) is 3.34. The van der Waals surface area contributed by atoms with Crippen molar-refractivity contribution in [3.63, 3.8) is 0 Å². The first-order valence-electron chi connectivity index (χ1n) is 4.02. The molecule has 1 aromatic heterocycles. The Bertz CT molecular complexity index is 270. The van der Waals surface area contributed by atoms with Gasteiger partial charge in [-0.25, -0.2) is 0 Å². The molecule has 2 heterocycles. The van der Waals surface area contributed by atoms with Crippen molar-refractivity contribution in [2.75, 3.05) is 19.0 Å². The molecule has 1 aliphatic heterocycles. The van der Waals surface area contributed by atoms with Gasteiger partial charge in [-0.15, -0.1) is 0 Å². The van der Waals surface area contributed by atoms with E-state index >= 15 is 0 Å². The molecule has 1 aliphatic rings. The fraction of sp³-hybridized carbons (Fsp3) is 0.556. The third-order valence-corrected chi connectivity index (χ3v) is 2.93. The summed E-state index contributed by atoms with van der Waals surface area (Å²) in [7, 11) is 0. The van der Waals surface area contributed by atoms with Gasteiger partial charge in [-0.3, -0.25) is 0 Å². The van der Waals surface area contributed by atoms with E-state index in [1.165, 1.54) is 0 Å². The van der Waals surface area contributed by atoms with Gasteiger partial charge in [0.1, 0.15) is 11.5 Å². The lowest BCUT2D eigenvalue weighted by Crippen LogP contribution is -2.48. The molecule has 0 spiro atoms. The van der Waals surface area contributed by atoms with Gasteiger partial charge in [0.05, 0.1) is 18.6 Å². The van der Waals surface area contributed by atoms with Gasteiger partial charge in [0.2, 0.25) is 0 Å². The highest BCUT2D eigenvalue weighted by Gasteiger charge is 2.41. The molecule has 3 heteroatoms. The van der Waals surface area contributed by atoms with E-state index in [-0.39, 0.29) is 5.41 Å². The zero-order valence-corrected chi connectivity index (χ0v) is 7.93. The van der Waals surface area contributed by atoms with Gasteiger partial charge in [-0.2, -0.15) is 12.6 Å². The summed E-state index contributed by atoms with van der Waals surface area (Å²) in [5.41, 5.74) is 0.0529. The number of ether oxygens (including phenoxy) is 1. The van der Waals surface area contributed by atoms with Crippen LogP contribution in [0.1, 0.15) is 11.5 Å². The van der Waals surface area contributed by atoms with Crippen molar-refractivity contribution >= 4 is 12.6 Å². The van der Waals surface area contributed by atoms with E-state index < -0.39 is 0 Å². The van der Waals surface area contributed by atoms with Gasteiger partial charge < -0.3 is 9.15 Å². The van der Waals surface area contributed by atoms with E-state index in [0.29, 0.717) is 0 Å². The minimum Gasteiger partial charge on any atom is -0.466 e. The van der Waals surface area contributed by atoms with Crippen LogP contribution in [0.15, 0.2) is 16.5 Å². The molecule has 2 rings (SSSR count). The maximum atomic E-state index is 5.55. The fourth-order valence-electron chi connectivity index (χ4n) is 1.38. The van der Waals surface area contributed by atoms with E-state index in [4.69, 9.17) is 9.15 Å². The molecule has 66 valence electrons. The predicted molar refractivity (Wildman–Crippen MR) is 49.8 cm³/mol. The van der Waals surface area contributed by atoms with Crippen LogP contribution in [-0.4, -0.2) is 19.0 Å². The molecule has 0 unspecified atom stereocenters. The molecule has 0 aliphatic carbocycles. The lowest BCUT2D eigenvalue weighted by molar-refractivity contribution is -0.0571. The largest absolute Gasteiger partial charge is 0.466 e. The molecule has 0 amide bonds. The Morgan fingerprint density at radius 1 is 1.50 bits per heavy atom. The minimum atomic E-state index is 0.0529. The summed E-state index contributed by atoms with van der Waals surface area (Å²) in [6.45, 7) is 3.43. The second kappa shape index (κ2) is 2.82. The summed E-state index contributed by atoms with van der Waals surface area (Å²) < 4.78 is 10.7. The highest BCUT2D eigenvalue weighted by atomic mass is 32.1. The summed E-state index contributed by atoms with van der Waals surface area (Å²) in [5.74, 6) is 2.76. The van der Waals surface area contributed by atoms with Crippen LogP contribution >= 0.6 is 12.6 Å². The molecule has 0 saturated carbocycles. The summed E-state index contributed by atoms with van der Waals surface area (Å²) in [4.78, 5) is 0. The number of rotatable bonds is 2. The van der Waals surface area contributed by atoms with Crippen LogP contribution in [-0.2, 0) is 10.2 Å². The second-order valence-corrected chi connectivity index (χ2v) is 3.66. The third kappa shape index (κ3) is 1.08. The van der Waals surface area contributed by atoms with Crippen molar-refractivity contribution in [3.8, 4) is 0 Å². The van der Waals surface area contributed by atoms with E-state index in [9.17, 15) is 0 Å². The normalized spacial score (nSPS) is 20.5. The molecule has 2 nitrogen and oxygen atoms in total. The van der Waals surface area contributed by atoms with Crippen LogP contribution in [0.25, 0.3) is 0 Å². The Morgan fingerprint density at radius 2 is 2.25 bits per heavy atom. The third-order valence-electron chi connectivity index (χ3n) is 2.32. The smallest absolute Gasteiger partial charge is 0.115 e. The van der Waals surface area contributed by atoms with Crippen LogP contribution < -0.4 is 0 Å². The van der Waals surface area contributed by atoms with Crippen LogP contribution in [0.4, 0.5) is 0 Å². The first kappa shape index (κ1) is 8.20. The zero-order chi connectivity index (χ0) is 8.60. The first-order chi connectivity index (χ1) is 5.77. The Hall–Kier alpha value is -0.410. The van der Waals surface area contributed by atoms with E-state index in [0.717, 1.165) is 30.5 Å². The lowest BCUT2D eigenvalue weighted by atomic mass is 9.85. The molecule has 1 saturated heterocycles. The molecule has 1 fully saturated rings. The average Bonchev–Trinajstić information content (AvgIpc) is 2.35. The molecular formula is C9H12O2S. The minimum absolute atomic E-state index is 0.0529. The van der Waals surface area contributed by atoms with Gasteiger partial charge >= 0.3 is 0 Å². The summed E-state index contributed by atoms with van der Waals surface area (Å²) in [6.07, 6.45) is 0. The Labute approximate surface area is 77.3 Å². The monoisotopic (exact) mass is 184 g/mol. The van der Waals surface area contributed by atoms with Crippen LogP contribution in [0.3, 0.4) is 0 Å². The summed E-state index contributed by atoms with van der Waals surface area (Å²) in [5, 5.41) is 0. The lowest BCUT2D eigenvalue weighted by Gasteiger charge is -2.38. The maximum absolute atomic E-state index is 5.55. The molecular weight excluding hydrogens is 172 g/mol. The number of thiol groups is 1. The van der Waals surface area contributed by atoms with Crippen LogP contribution in [0.5, 0.6) is 0 Å². The summed E-state index contributed by atoms with van der Waals surface area (Å²) >= 11 is 4.31. The molecule has 0 bridgehead atoms. The number of hydrogen-bond donors (Lipinski definition) is 1. The fourth-order valence-corrected chi connectivity index (χ4v) is 1.72. The number of aryl methyl sites for hydroxylation is 1. The van der Waals surface area contributed by atoms with Crippen LogP contribution in [0.2, 0.25) is 0 Å². The van der Waals surface area contributed by atoms with E-state index in [2.05, 4.69) is 12.6 Å². The topological polar surface area (TPSA) is 22.4 Å². The van der Waals surface area contributed by atoms with Crippen molar-refractivity contribution in [1.82, 2.24) is 0 Å². The van der Waals surface area contributed by atoms with Gasteiger partial charge in [0, 0.05) is 5.75 Å². The van der Waals surface area contributed by atoms with Crippen molar-refractivity contribution in [1.29, 1.82) is 0 Å². The van der Waals surface area contributed by atoms with Gasteiger partial charge in [0.15, 0.2) is 0 Å². The Morgan fingerprint density at radius 3 is 2.58 bits per heavy atom. The first-order valence-corrected chi connectivity index (χ1v) is 4.66. The molecule has 0 atom stereocenters. The predicted octanol–water partition coefficient (Wildman–Crippen LogP) is 1.79. The Balaban J connectivity index is 2.27. The van der Waals surface area contributed by atoms with E-state index in [1.54, 1.807) is 0 Å². The molecule has 1 aromatic rings. The SMILES string of the molecule is Cc1ccc(C2(CS)COC2)o1. The Kier molecular flexibility index (Phi) is 1.93.